The van der Waals surface area contributed by atoms with Gasteiger partial charge in [0, 0.05) is 24.4 Å². The molecule has 116 valence electrons. The van der Waals surface area contributed by atoms with E-state index in [1.165, 1.54) is 12.8 Å². The first-order chi connectivity index (χ1) is 10.0. The fourth-order valence-corrected chi connectivity index (χ4v) is 3.23. The zero-order valence-electron chi connectivity index (χ0n) is 13.0. The van der Waals surface area contributed by atoms with Gasteiger partial charge < -0.3 is 16.2 Å². The van der Waals surface area contributed by atoms with Crippen LogP contribution in [0.3, 0.4) is 0 Å². The molecule has 0 aromatic heterocycles. The fourth-order valence-electron chi connectivity index (χ4n) is 3.23. The number of nitrogens with one attached hydrogen (secondary N) is 1. The summed E-state index contributed by atoms with van der Waals surface area (Å²) in [6, 6.07) is 3.70. The van der Waals surface area contributed by atoms with Crippen molar-refractivity contribution >= 4 is 11.6 Å². The van der Waals surface area contributed by atoms with Crippen LogP contribution >= 0.6 is 0 Å². The molecule has 21 heavy (non-hydrogen) atoms. The van der Waals surface area contributed by atoms with E-state index < -0.39 is 0 Å². The van der Waals surface area contributed by atoms with Gasteiger partial charge in [0.05, 0.1) is 0 Å². The number of anilines is 1. The second-order valence-electron chi connectivity index (χ2n) is 6.22. The minimum absolute atomic E-state index is 0.0681. The molecule has 4 N–H and O–H groups in total. The Bertz CT molecular complexity index is 514. The van der Waals surface area contributed by atoms with Gasteiger partial charge in [-0.2, -0.15) is 0 Å². The summed E-state index contributed by atoms with van der Waals surface area (Å²) in [7, 11) is 0. The number of nitrogen functional groups attached to an aromatic ring is 1. The van der Waals surface area contributed by atoms with Gasteiger partial charge in [0.1, 0.15) is 0 Å². The average molecular weight is 290 g/mol. The molecule has 1 aromatic rings. The Labute approximate surface area is 126 Å². The zero-order valence-corrected chi connectivity index (χ0v) is 13.0. The van der Waals surface area contributed by atoms with Gasteiger partial charge in [-0.15, -0.1) is 0 Å². The number of carbonyl (C=O) groups is 1. The first-order valence-electron chi connectivity index (χ1n) is 7.78. The number of aliphatic hydroxyl groups excluding tert-OH is 1. The highest BCUT2D eigenvalue weighted by Gasteiger charge is 2.25. The summed E-state index contributed by atoms with van der Waals surface area (Å²) in [6.07, 6.45) is 4.52. The van der Waals surface area contributed by atoms with Crippen molar-refractivity contribution < 1.29 is 9.90 Å². The van der Waals surface area contributed by atoms with Crippen LogP contribution in [0.5, 0.6) is 0 Å². The molecule has 0 saturated heterocycles. The lowest BCUT2D eigenvalue weighted by Crippen LogP contribution is -2.35. The number of aryl methyl sites for hydroxylation is 2. The Balaban J connectivity index is 2.00. The van der Waals surface area contributed by atoms with Crippen molar-refractivity contribution in [2.24, 2.45) is 11.8 Å². The molecule has 0 spiro atoms. The van der Waals surface area contributed by atoms with Crippen LogP contribution in [-0.2, 0) is 0 Å². The third-order valence-corrected chi connectivity index (χ3v) is 4.68. The molecular weight excluding hydrogens is 264 g/mol. The summed E-state index contributed by atoms with van der Waals surface area (Å²) in [6.45, 7) is 4.73. The Kier molecular flexibility index (Phi) is 5.23. The normalized spacial score (nSPS) is 22.0. The monoisotopic (exact) mass is 290 g/mol. The van der Waals surface area contributed by atoms with Crippen molar-refractivity contribution in [3.8, 4) is 0 Å². The zero-order chi connectivity index (χ0) is 15.4. The van der Waals surface area contributed by atoms with Crippen LogP contribution in [-0.4, -0.2) is 24.2 Å². The molecule has 1 saturated carbocycles. The van der Waals surface area contributed by atoms with E-state index in [1.54, 1.807) is 6.07 Å². The number of hydrogen-bond acceptors (Lipinski definition) is 3. The Morgan fingerprint density at radius 1 is 1.24 bits per heavy atom. The van der Waals surface area contributed by atoms with E-state index in [4.69, 9.17) is 5.73 Å². The number of hydrogen-bond donors (Lipinski definition) is 3. The number of nitrogens with two attached hydrogens (primary N) is 1. The SMILES string of the molecule is Cc1cc(C)c(C(=O)NCC2CCCCC2CO)cc1N. The van der Waals surface area contributed by atoms with Gasteiger partial charge in [-0.1, -0.05) is 18.9 Å². The molecule has 1 fully saturated rings. The van der Waals surface area contributed by atoms with Crippen molar-refractivity contribution in [2.45, 2.75) is 39.5 Å². The maximum atomic E-state index is 12.3. The van der Waals surface area contributed by atoms with Crippen LogP contribution < -0.4 is 11.1 Å². The molecule has 1 aromatic carbocycles. The number of benzene rings is 1. The Morgan fingerprint density at radius 2 is 1.90 bits per heavy atom. The minimum atomic E-state index is -0.0681. The lowest BCUT2D eigenvalue weighted by Gasteiger charge is -2.30. The van der Waals surface area contributed by atoms with Gasteiger partial charge in [-0.25, -0.2) is 0 Å². The van der Waals surface area contributed by atoms with Crippen LogP contribution in [0.2, 0.25) is 0 Å². The molecule has 0 heterocycles. The standard InChI is InChI=1S/C17H26N2O2/c1-11-7-12(2)16(18)8-15(11)17(21)19-9-13-5-3-4-6-14(13)10-20/h7-8,13-14,20H,3-6,9-10,18H2,1-2H3,(H,19,21). The number of aliphatic hydroxyl groups is 1. The van der Waals surface area contributed by atoms with Crippen molar-refractivity contribution in [1.82, 2.24) is 5.32 Å². The van der Waals surface area contributed by atoms with E-state index >= 15 is 0 Å². The highest BCUT2D eigenvalue weighted by atomic mass is 16.3. The maximum Gasteiger partial charge on any atom is 0.251 e. The number of amides is 1. The molecular formula is C17H26N2O2. The van der Waals surface area contributed by atoms with Crippen LogP contribution in [0.25, 0.3) is 0 Å². The lowest BCUT2D eigenvalue weighted by atomic mass is 9.79. The van der Waals surface area contributed by atoms with Gasteiger partial charge in [0.15, 0.2) is 0 Å². The second kappa shape index (κ2) is 6.94. The van der Waals surface area contributed by atoms with Crippen LogP contribution in [0.4, 0.5) is 5.69 Å². The summed E-state index contributed by atoms with van der Waals surface area (Å²) >= 11 is 0. The molecule has 1 aliphatic carbocycles. The fraction of sp³-hybridized carbons (Fsp3) is 0.588. The van der Waals surface area contributed by atoms with Gasteiger partial charge in [0.25, 0.3) is 5.91 Å². The van der Waals surface area contributed by atoms with E-state index in [1.807, 2.05) is 19.9 Å². The lowest BCUT2D eigenvalue weighted by molar-refractivity contribution is 0.0909. The molecule has 1 amide bonds. The quantitative estimate of drug-likeness (QED) is 0.745. The van der Waals surface area contributed by atoms with Crippen LogP contribution in [0.1, 0.15) is 47.2 Å². The highest BCUT2D eigenvalue weighted by Crippen LogP contribution is 2.29. The van der Waals surface area contributed by atoms with Crippen molar-refractivity contribution in [3.63, 3.8) is 0 Å². The third kappa shape index (κ3) is 3.76. The smallest absolute Gasteiger partial charge is 0.251 e. The third-order valence-electron chi connectivity index (χ3n) is 4.68. The first kappa shape index (κ1) is 15.8. The Morgan fingerprint density at radius 3 is 2.57 bits per heavy atom. The van der Waals surface area contributed by atoms with Crippen molar-refractivity contribution in [3.05, 3.63) is 28.8 Å². The predicted octanol–water partition coefficient (Wildman–Crippen LogP) is 2.41. The van der Waals surface area contributed by atoms with Crippen molar-refractivity contribution in [1.29, 1.82) is 0 Å². The molecule has 4 heteroatoms. The predicted molar refractivity (Wildman–Crippen MR) is 85.2 cm³/mol. The summed E-state index contributed by atoms with van der Waals surface area (Å²) < 4.78 is 0. The van der Waals surface area contributed by atoms with Crippen LogP contribution in [0, 0.1) is 25.7 Å². The molecule has 4 nitrogen and oxygen atoms in total. The summed E-state index contributed by atoms with van der Waals surface area (Å²) in [5, 5.41) is 12.4. The number of rotatable bonds is 4. The molecule has 0 radical (unpaired) electrons. The summed E-state index contributed by atoms with van der Waals surface area (Å²) in [5.41, 5.74) is 9.14. The maximum absolute atomic E-state index is 12.3. The molecule has 0 aliphatic heterocycles. The summed E-state index contributed by atoms with van der Waals surface area (Å²) in [4.78, 5) is 12.3. The van der Waals surface area contributed by atoms with Crippen molar-refractivity contribution in [2.75, 3.05) is 18.9 Å². The second-order valence-corrected chi connectivity index (χ2v) is 6.22. The largest absolute Gasteiger partial charge is 0.398 e. The molecule has 2 atom stereocenters. The minimum Gasteiger partial charge on any atom is -0.398 e. The topological polar surface area (TPSA) is 75.3 Å². The molecule has 1 aliphatic rings. The first-order valence-corrected chi connectivity index (χ1v) is 7.78. The van der Waals surface area contributed by atoms with E-state index in [2.05, 4.69) is 5.32 Å². The van der Waals surface area contributed by atoms with Gasteiger partial charge >= 0.3 is 0 Å². The van der Waals surface area contributed by atoms with Gasteiger partial charge in [0.2, 0.25) is 0 Å². The van der Waals surface area contributed by atoms with E-state index in [9.17, 15) is 9.90 Å². The van der Waals surface area contributed by atoms with Gasteiger partial charge in [-0.3, -0.25) is 4.79 Å². The summed E-state index contributed by atoms with van der Waals surface area (Å²) in [5.74, 6) is 0.639. The van der Waals surface area contributed by atoms with E-state index in [-0.39, 0.29) is 12.5 Å². The Hall–Kier alpha value is -1.55. The molecule has 0 bridgehead atoms. The van der Waals surface area contributed by atoms with E-state index in [0.717, 1.165) is 24.0 Å². The number of carbonyl (C=O) groups excluding carboxylic acids is 1. The molecule has 2 rings (SSSR count). The highest BCUT2D eigenvalue weighted by molar-refractivity contribution is 5.96. The molecule has 2 unspecified atom stereocenters. The van der Waals surface area contributed by atoms with Gasteiger partial charge in [-0.05, 0) is 55.7 Å². The van der Waals surface area contributed by atoms with Crippen LogP contribution in [0.15, 0.2) is 12.1 Å². The average Bonchev–Trinajstić information content (AvgIpc) is 2.48. The van der Waals surface area contributed by atoms with E-state index in [0.29, 0.717) is 29.6 Å².